The molecule has 1 aromatic heterocycles. The molecule has 0 spiro atoms. The number of aromatic nitrogens is 2. The fourth-order valence-electron chi connectivity index (χ4n) is 4.64. The van der Waals surface area contributed by atoms with Gasteiger partial charge in [-0.3, -0.25) is 9.69 Å². The highest BCUT2D eigenvalue weighted by Crippen LogP contribution is 2.26. The largest absolute Gasteiger partial charge is 0.347 e. The van der Waals surface area contributed by atoms with Crippen molar-refractivity contribution in [2.45, 2.75) is 12.5 Å². The van der Waals surface area contributed by atoms with Gasteiger partial charge in [0.25, 0.3) is 5.91 Å². The van der Waals surface area contributed by atoms with Crippen LogP contribution in [0.4, 0.5) is 0 Å². The van der Waals surface area contributed by atoms with Gasteiger partial charge in [-0.1, -0.05) is 48.5 Å². The lowest BCUT2D eigenvalue weighted by molar-refractivity contribution is 0.0564. The minimum atomic E-state index is 0. The SMILES string of the molecule is Cl.Cl.N#Cc1ccc(CC(c2cnc[nH]2)N2CCN(C(=O)c3cccc4ccccc34)CC2)cc1. The first-order valence-corrected chi connectivity index (χ1v) is 11.2. The highest BCUT2D eigenvalue weighted by atomic mass is 35.5. The van der Waals surface area contributed by atoms with Gasteiger partial charge in [-0.2, -0.15) is 5.26 Å². The molecule has 6 nitrogen and oxygen atoms in total. The van der Waals surface area contributed by atoms with Crippen molar-refractivity contribution in [3.63, 3.8) is 0 Å². The number of hydrogen-bond donors (Lipinski definition) is 1. The Hall–Kier alpha value is -3.37. The van der Waals surface area contributed by atoms with E-state index in [0.717, 1.165) is 41.5 Å². The van der Waals surface area contributed by atoms with Crippen LogP contribution in [0.5, 0.6) is 0 Å². The number of imidazole rings is 1. The maximum atomic E-state index is 13.3. The van der Waals surface area contributed by atoms with Gasteiger partial charge in [0.05, 0.1) is 29.7 Å². The Kier molecular flexibility index (Phi) is 8.89. The summed E-state index contributed by atoms with van der Waals surface area (Å²) in [5, 5.41) is 11.2. The lowest BCUT2D eigenvalue weighted by Gasteiger charge is -2.39. The molecule has 1 amide bonds. The van der Waals surface area contributed by atoms with E-state index in [1.807, 2.05) is 77.8 Å². The number of aromatic amines is 1. The number of fused-ring (bicyclic) bond motifs is 1. The Balaban J connectivity index is 0.00000171. The first-order chi connectivity index (χ1) is 16.2. The normalized spacial score (nSPS) is 14.4. The standard InChI is InChI=1S/C27H25N5O.2ClH/c28-17-21-10-8-20(9-11-21)16-26(25-18-29-19-30-25)31-12-14-32(15-13-31)27(33)24-7-3-5-22-4-1-2-6-23(22)24;;/h1-11,18-19,26H,12-16H2,(H,29,30);2*1H. The van der Waals surface area contributed by atoms with E-state index < -0.39 is 0 Å². The first-order valence-electron chi connectivity index (χ1n) is 11.2. The van der Waals surface area contributed by atoms with Gasteiger partial charge < -0.3 is 9.88 Å². The molecule has 0 saturated carbocycles. The highest BCUT2D eigenvalue weighted by molar-refractivity contribution is 6.07. The maximum absolute atomic E-state index is 13.3. The molecule has 2 heterocycles. The van der Waals surface area contributed by atoms with Crippen molar-refractivity contribution < 1.29 is 4.79 Å². The molecular weight excluding hydrogens is 481 g/mol. The second kappa shape index (κ2) is 11.9. The lowest BCUT2D eigenvalue weighted by atomic mass is 10.00. The number of rotatable bonds is 5. The second-order valence-electron chi connectivity index (χ2n) is 8.39. The Labute approximate surface area is 217 Å². The van der Waals surface area contributed by atoms with Crippen LogP contribution in [-0.4, -0.2) is 51.9 Å². The van der Waals surface area contributed by atoms with Gasteiger partial charge in [-0.25, -0.2) is 4.98 Å². The third-order valence-corrected chi connectivity index (χ3v) is 6.45. The number of nitrogens with one attached hydrogen (secondary N) is 1. The van der Waals surface area contributed by atoms with Gasteiger partial charge >= 0.3 is 0 Å². The summed E-state index contributed by atoms with van der Waals surface area (Å²) in [7, 11) is 0. The molecule has 1 aliphatic heterocycles. The minimum Gasteiger partial charge on any atom is -0.347 e. The maximum Gasteiger partial charge on any atom is 0.254 e. The number of carbonyl (C=O) groups is 1. The van der Waals surface area contributed by atoms with Gasteiger partial charge in [0.15, 0.2) is 0 Å². The molecule has 1 unspecified atom stereocenters. The molecule has 0 aliphatic carbocycles. The monoisotopic (exact) mass is 507 g/mol. The van der Waals surface area contributed by atoms with Crippen LogP contribution in [0.2, 0.25) is 0 Å². The molecular formula is C27H27Cl2N5O. The average Bonchev–Trinajstić information content (AvgIpc) is 3.42. The number of nitriles is 1. The zero-order chi connectivity index (χ0) is 22.6. The minimum absolute atomic E-state index is 0. The van der Waals surface area contributed by atoms with Gasteiger partial charge in [0.1, 0.15) is 0 Å². The molecule has 4 aromatic rings. The van der Waals surface area contributed by atoms with Crippen LogP contribution in [0.25, 0.3) is 10.8 Å². The molecule has 180 valence electrons. The molecule has 1 saturated heterocycles. The zero-order valence-corrected chi connectivity index (χ0v) is 20.8. The zero-order valence-electron chi connectivity index (χ0n) is 19.1. The molecule has 1 aliphatic rings. The molecule has 1 fully saturated rings. The van der Waals surface area contributed by atoms with Crippen LogP contribution >= 0.6 is 24.8 Å². The molecule has 1 atom stereocenters. The van der Waals surface area contributed by atoms with E-state index in [1.165, 1.54) is 5.56 Å². The third-order valence-electron chi connectivity index (χ3n) is 6.45. The summed E-state index contributed by atoms with van der Waals surface area (Å²) in [6.07, 6.45) is 4.40. The van der Waals surface area contributed by atoms with Crippen molar-refractivity contribution in [1.29, 1.82) is 5.26 Å². The van der Waals surface area contributed by atoms with Crippen LogP contribution < -0.4 is 0 Å². The van der Waals surface area contributed by atoms with Crippen molar-refractivity contribution in [1.82, 2.24) is 19.8 Å². The summed E-state index contributed by atoms with van der Waals surface area (Å²) in [6.45, 7) is 2.94. The van der Waals surface area contributed by atoms with E-state index in [9.17, 15) is 4.79 Å². The molecule has 1 N–H and O–H groups in total. The van der Waals surface area contributed by atoms with Crippen LogP contribution in [0.1, 0.15) is 33.2 Å². The van der Waals surface area contributed by atoms with Crippen LogP contribution in [0, 0.1) is 11.3 Å². The number of carbonyl (C=O) groups excluding carboxylic acids is 1. The highest BCUT2D eigenvalue weighted by Gasteiger charge is 2.29. The van der Waals surface area contributed by atoms with E-state index in [2.05, 4.69) is 20.9 Å². The number of benzene rings is 3. The van der Waals surface area contributed by atoms with Crippen LogP contribution in [0.15, 0.2) is 79.3 Å². The lowest BCUT2D eigenvalue weighted by Crippen LogP contribution is -2.50. The smallest absolute Gasteiger partial charge is 0.254 e. The van der Waals surface area contributed by atoms with E-state index in [-0.39, 0.29) is 36.8 Å². The quantitative estimate of drug-likeness (QED) is 0.411. The van der Waals surface area contributed by atoms with Gasteiger partial charge in [-0.05, 0) is 41.0 Å². The van der Waals surface area contributed by atoms with Gasteiger partial charge in [0.2, 0.25) is 0 Å². The van der Waals surface area contributed by atoms with E-state index in [4.69, 9.17) is 5.26 Å². The fourth-order valence-corrected chi connectivity index (χ4v) is 4.64. The Bertz CT molecular complexity index is 1290. The third kappa shape index (κ3) is 5.66. The van der Waals surface area contributed by atoms with E-state index >= 15 is 0 Å². The number of halogens is 2. The summed E-state index contributed by atoms with van der Waals surface area (Å²) < 4.78 is 0. The summed E-state index contributed by atoms with van der Waals surface area (Å²) in [5.74, 6) is 0.0941. The Morgan fingerprint density at radius 1 is 0.971 bits per heavy atom. The molecule has 0 bridgehead atoms. The fraction of sp³-hybridized carbons (Fsp3) is 0.222. The predicted molar refractivity (Wildman–Crippen MR) is 142 cm³/mol. The van der Waals surface area contributed by atoms with Crippen LogP contribution in [-0.2, 0) is 6.42 Å². The topological polar surface area (TPSA) is 76.0 Å². The van der Waals surface area contributed by atoms with Crippen molar-refractivity contribution >= 4 is 41.5 Å². The molecule has 8 heteroatoms. The predicted octanol–water partition coefficient (Wildman–Crippen LogP) is 5.02. The van der Waals surface area contributed by atoms with Gasteiger partial charge in [-0.15, -0.1) is 24.8 Å². The van der Waals surface area contributed by atoms with E-state index in [1.54, 1.807) is 6.33 Å². The second-order valence-corrected chi connectivity index (χ2v) is 8.39. The van der Waals surface area contributed by atoms with Crippen LogP contribution in [0.3, 0.4) is 0 Å². The van der Waals surface area contributed by atoms with E-state index in [0.29, 0.717) is 18.7 Å². The number of amides is 1. The summed E-state index contributed by atoms with van der Waals surface area (Å²) in [5.41, 5.74) is 3.66. The first kappa shape index (κ1) is 26.2. The van der Waals surface area contributed by atoms with Crippen molar-refractivity contribution in [2.75, 3.05) is 26.2 Å². The van der Waals surface area contributed by atoms with Crippen molar-refractivity contribution in [3.05, 3.63) is 102 Å². The average molecular weight is 508 g/mol. The molecule has 35 heavy (non-hydrogen) atoms. The van der Waals surface area contributed by atoms with Crippen molar-refractivity contribution in [2.24, 2.45) is 0 Å². The number of H-pyrrole nitrogens is 1. The Morgan fingerprint density at radius 2 is 1.69 bits per heavy atom. The number of nitrogens with zero attached hydrogens (tertiary/aromatic N) is 4. The molecule has 0 radical (unpaired) electrons. The summed E-state index contributed by atoms with van der Waals surface area (Å²) in [4.78, 5) is 25.2. The summed E-state index contributed by atoms with van der Waals surface area (Å²) >= 11 is 0. The Morgan fingerprint density at radius 3 is 2.37 bits per heavy atom. The molecule has 5 rings (SSSR count). The number of hydrogen-bond acceptors (Lipinski definition) is 4. The summed E-state index contributed by atoms with van der Waals surface area (Å²) in [6, 6.07) is 24.0. The van der Waals surface area contributed by atoms with Crippen molar-refractivity contribution in [3.8, 4) is 6.07 Å². The molecule has 3 aromatic carbocycles. The number of piperazine rings is 1. The van der Waals surface area contributed by atoms with Gasteiger partial charge in [0, 0.05) is 37.9 Å².